The fraction of sp³-hybridized carbons (Fsp3) is 0.200. The van der Waals surface area contributed by atoms with E-state index in [-0.39, 0.29) is 11.9 Å². The Balaban J connectivity index is 2.08. The van der Waals surface area contributed by atoms with Gasteiger partial charge in [0.15, 0.2) is 0 Å². The quantitative estimate of drug-likeness (QED) is 0.885. The second kappa shape index (κ2) is 5.52. The molecule has 1 amide bonds. The van der Waals surface area contributed by atoms with Crippen LogP contribution in [0.25, 0.3) is 0 Å². The normalized spacial score (nSPS) is 11.9. The Morgan fingerprint density at radius 1 is 1.32 bits per heavy atom. The molecule has 0 aliphatic heterocycles. The van der Waals surface area contributed by atoms with Gasteiger partial charge in [0.1, 0.15) is 5.69 Å². The molecule has 0 radical (unpaired) electrons. The molecule has 0 saturated heterocycles. The van der Waals surface area contributed by atoms with E-state index in [1.807, 2.05) is 32.0 Å². The van der Waals surface area contributed by atoms with Crippen molar-refractivity contribution in [1.82, 2.24) is 10.3 Å². The highest BCUT2D eigenvalue weighted by Gasteiger charge is 2.12. The van der Waals surface area contributed by atoms with Crippen molar-refractivity contribution in [2.75, 3.05) is 5.73 Å². The third-order valence-electron chi connectivity index (χ3n) is 2.91. The van der Waals surface area contributed by atoms with Crippen LogP contribution in [0.5, 0.6) is 0 Å². The van der Waals surface area contributed by atoms with Crippen LogP contribution in [0.4, 0.5) is 5.69 Å². The van der Waals surface area contributed by atoms with Gasteiger partial charge in [-0.3, -0.25) is 4.79 Å². The van der Waals surface area contributed by atoms with Crippen LogP contribution in [0.3, 0.4) is 0 Å². The maximum atomic E-state index is 12.0. The van der Waals surface area contributed by atoms with E-state index in [0.29, 0.717) is 11.4 Å². The molecule has 0 bridgehead atoms. The Hall–Kier alpha value is -2.36. The number of nitrogens with zero attached hydrogens (tertiary/aromatic N) is 1. The van der Waals surface area contributed by atoms with Crippen molar-refractivity contribution < 1.29 is 4.79 Å². The smallest absolute Gasteiger partial charge is 0.270 e. The summed E-state index contributed by atoms with van der Waals surface area (Å²) in [7, 11) is 0. The first-order valence-corrected chi connectivity index (χ1v) is 6.15. The number of anilines is 1. The maximum absolute atomic E-state index is 12.0. The third-order valence-corrected chi connectivity index (χ3v) is 2.91. The van der Waals surface area contributed by atoms with Crippen molar-refractivity contribution in [3.05, 3.63) is 59.4 Å². The van der Waals surface area contributed by atoms with Gasteiger partial charge in [-0.1, -0.05) is 29.8 Å². The molecular weight excluding hydrogens is 238 g/mol. The predicted octanol–water partition coefficient (Wildman–Crippen LogP) is 2.46. The largest absolute Gasteiger partial charge is 0.397 e. The van der Waals surface area contributed by atoms with Crippen LogP contribution in [0.2, 0.25) is 0 Å². The van der Waals surface area contributed by atoms with Crippen LogP contribution in [0.15, 0.2) is 42.6 Å². The Bertz CT molecular complexity index is 578. The molecule has 0 unspecified atom stereocenters. The zero-order chi connectivity index (χ0) is 13.8. The zero-order valence-electron chi connectivity index (χ0n) is 11.1. The molecule has 1 atom stereocenters. The van der Waals surface area contributed by atoms with E-state index in [1.54, 1.807) is 12.1 Å². The van der Waals surface area contributed by atoms with Crippen molar-refractivity contribution in [2.45, 2.75) is 19.9 Å². The van der Waals surface area contributed by atoms with Gasteiger partial charge < -0.3 is 11.1 Å². The van der Waals surface area contributed by atoms with Gasteiger partial charge in [-0.25, -0.2) is 4.98 Å². The number of carbonyl (C=O) groups excluding carboxylic acids is 1. The Morgan fingerprint density at radius 3 is 2.74 bits per heavy atom. The number of benzene rings is 1. The van der Waals surface area contributed by atoms with Crippen LogP contribution >= 0.6 is 0 Å². The molecule has 0 spiro atoms. The summed E-state index contributed by atoms with van der Waals surface area (Å²) < 4.78 is 0. The summed E-state index contributed by atoms with van der Waals surface area (Å²) in [4.78, 5) is 16.0. The summed E-state index contributed by atoms with van der Waals surface area (Å²) in [6.45, 7) is 3.98. The predicted molar refractivity (Wildman–Crippen MR) is 75.7 cm³/mol. The fourth-order valence-electron chi connectivity index (χ4n) is 1.83. The lowest BCUT2D eigenvalue weighted by atomic mass is 10.1. The molecule has 1 heterocycles. The number of nitrogens with one attached hydrogen (secondary N) is 1. The molecule has 0 aliphatic rings. The summed E-state index contributed by atoms with van der Waals surface area (Å²) in [6.07, 6.45) is 1.48. The fourth-order valence-corrected chi connectivity index (χ4v) is 1.83. The van der Waals surface area contributed by atoms with Crippen LogP contribution in [-0.2, 0) is 0 Å². The minimum absolute atomic E-state index is 0.0632. The lowest BCUT2D eigenvalue weighted by Gasteiger charge is -2.14. The minimum atomic E-state index is -0.200. The lowest BCUT2D eigenvalue weighted by molar-refractivity contribution is 0.0935. The molecular formula is C15H17N3O. The Morgan fingerprint density at radius 2 is 2.11 bits per heavy atom. The number of hydrogen-bond donors (Lipinski definition) is 2. The van der Waals surface area contributed by atoms with E-state index < -0.39 is 0 Å². The van der Waals surface area contributed by atoms with Gasteiger partial charge >= 0.3 is 0 Å². The zero-order valence-corrected chi connectivity index (χ0v) is 11.1. The molecule has 1 aromatic heterocycles. The SMILES string of the molecule is Cc1cccc([C@H](C)NC(=O)c2ccc(N)cn2)c1. The molecule has 4 nitrogen and oxygen atoms in total. The van der Waals surface area contributed by atoms with Crippen molar-refractivity contribution in [3.8, 4) is 0 Å². The van der Waals surface area contributed by atoms with Gasteiger partial charge in [0.25, 0.3) is 5.91 Å². The highest BCUT2D eigenvalue weighted by Crippen LogP contribution is 2.14. The standard InChI is InChI=1S/C15H17N3O/c1-10-4-3-5-12(8-10)11(2)18-15(19)14-7-6-13(16)9-17-14/h3-9,11H,16H2,1-2H3,(H,18,19)/t11-/m0/s1. The minimum Gasteiger partial charge on any atom is -0.397 e. The van der Waals surface area contributed by atoms with E-state index >= 15 is 0 Å². The highest BCUT2D eigenvalue weighted by atomic mass is 16.1. The van der Waals surface area contributed by atoms with Gasteiger partial charge in [-0.2, -0.15) is 0 Å². The van der Waals surface area contributed by atoms with Crippen LogP contribution in [0, 0.1) is 6.92 Å². The van der Waals surface area contributed by atoms with Crippen molar-refractivity contribution >= 4 is 11.6 Å². The first kappa shape index (κ1) is 13.1. The average Bonchev–Trinajstić information content (AvgIpc) is 2.39. The van der Waals surface area contributed by atoms with Crippen molar-refractivity contribution in [3.63, 3.8) is 0 Å². The van der Waals surface area contributed by atoms with E-state index in [0.717, 1.165) is 5.56 Å². The number of rotatable bonds is 3. The van der Waals surface area contributed by atoms with E-state index in [2.05, 4.69) is 16.4 Å². The number of aryl methyl sites for hydroxylation is 1. The molecule has 0 saturated carbocycles. The van der Waals surface area contributed by atoms with Gasteiger partial charge in [0.2, 0.25) is 0 Å². The number of pyridine rings is 1. The number of hydrogen-bond acceptors (Lipinski definition) is 3. The summed E-state index contributed by atoms with van der Waals surface area (Å²) in [5.74, 6) is -0.200. The van der Waals surface area contributed by atoms with Gasteiger partial charge in [0, 0.05) is 0 Å². The maximum Gasteiger partial charge on any atom is 0.270 e. The molecule has 4 heteroatoms. The van der Waals surface area contributed by atoms with Crippen molar-refractivity contribution in [1.29, 1.82) is 0 Å². The third kappa shape index (κ3) is 3.31. The second-order valence-corrected chi connectivity index (χ2v) is 4.59. The number of carbonyl (C=O) groups is 1. The van der Waals surface area contributed by atoms with E-state index in [1.165, 1.54) is 11.8 Å². The first-order chi connectivity index (χ1) is 9.06. The van der Waals surface area contributed by atoms with Crippen LogP contribution in [-0.4, -0.2) is 10.9 Å². The van der Waals surface area contributed by atoms with Gasteiger partial charge in [0.05, 0.1) is 17.9 Å². The van der Waals surface area contributed by atoms with E-state index in [9.17, 15) is 4.79 Å². The number of nitrogen functional groups attached to an aromatic ring is 1. The molecule has 19 heavy (non-hydrogen) atoms. The molecule has 2 rings (SSSR count). The topological polar surface area (TPSA) is 68.0 Å². The summed E-state index contributed by atoms with van der Waals surface area (Å²) in [5.41, 5.74) is 8.70. The van der Waals surface area contributed by atoms with Gasteiger partial charge in [-0.05, 0) is 31.5 Å². The first-order valence-electron chi connectivity index (χ1n) is 6.15. The molecule has 2 aromatic rings. The van der Waals surface area contributed by atoms with Crippen LogP contribution in [0.1, 0.15) is 34.6 Å². The molecule has 0 fully saturated rings. The average molecular weight is 255 g/mol. The summed E-state index contributed by atoms with van der Waals surface area (Å²) >= 11 is 0. The highest BCUT2D eigenvalue weighted by molar-refractivity contribution is 5.92. The number of aromatic nitrogens is 1. The lowest BCUT2D eigenvalue weighted by Crippen LogP contribution is -2.27. The number of nitrogens with two attached hydrogens (primary N) is 1. The Kier molecular flexibility index (Phi) is 3.80. The van der Waals surface area contributed by atoms with Gasteiger partial charge in [-0.15, -0.1) is 0 Å². The monoisotopic (exact) mass is 255 g/mol. The second-order valence-electron chi connectivity index (χ2n) is 4.59. The summed E-state index contributed by atoms with van der Waals surface area (Å²) in [6, 6.07) is 11.3. The van der Waals surface area contributed by atoms with Crippen molar-refractivity contribution in [2.24, 2.45) is 0 Å². The molecule has 3 N–H and O–H groups in total. The van der Waals surface area contributed by atoms with Crippen LogP contribution < -0.4 is 11.1 Å². The molecule has 1 aromatic carbocycles. The number of amides is 1. The van der Waals surface area contributed by atoms with E-state index in [4.69, 9.17) is 5.73 Å². The summed E-state index contributed by atoms with van der Waals surface area (Å²) in [5, 5.41) is 2.92. The molecule has 0 aliphatic carbocycles. The molecule has 98 valence electrons. The Labute approximate surface area is 112 Å².